The van der Waals surface area contributed by atoms with Gasteiger partial charge in [0.2, 0.25) is 17.8 Å². The van der Waals surface area contributed by atoms with E-state index in [1.54, 1.807) is 48.5 Å². The summed E-state index contributed by atoms with van der Waals surface area (Å²) in [7, 11) is -6.00. The van der Waals surface area contributed by atoms with E-state index >= 15 is 0 Å². The molecule has 0 radical (unpaired) electrons. The molecule has 0 spiro atoms. The minimum atomic E-state index is -2.39. The summed E-state index contributed by atoms with van der Waals surface area (Å²) in [5.41, 5.74) is 2.32. The van der Waals surface area contributed by atoms with Gasteiger partial charge in [-0.1, -0.05) is 34.1 Å². The maximum Gasteiger partial charge on any atom is 0.338 e. The van der Waals surface area contributed by atoms with Gasteiger partial charge in [0, 0.05) is 17.9 Å². The highest BCUT2D eigenvalue weighted by Gasteiger charge is 2.39. The Kier molecular flexibility index (Phi) is 17.4. The molecule has 3 N–H and O–H groups in total. The number of carbonyl (C=O) groups excluding carboxylic acids is 2. The van der Waals surface area contributed by atoms with Crippen molar-refractivity contribution >= 4 is 66.4 Å². The lowest BCUT2D eigenvalue weighted by atomic mass is 10.2. The van der Waals surface area contributed by atoms with E-state index in [-0.39, 0.29) is 19.4 Å². The van der Waals surface area contributed by atoms with E-state index in [1.165, 1.54) is 0 Å². The summed E-state index contributed by atoms with van der Waals surface area (Å²) < 4.78 is 24.0. The Morgan fingerprint density at radius 2 is 1.00 bits per heavy atom. The third-order valence-electron chi connectivity index (χ3n) is 6.99. The second-order valence-electron chi connectivity index (χ2n) is 14.3. The lowest BCUT2D eigenvalue weighted by Gasteiger charge is -2.38. The largest absolute Gasteiger partial charge is 0.462 e. The number of hydrogen-bond donors (Lipinski definition) is 3. The van der Waals surface area contributed by atoms with Crippen LogP contribution in [-0.4, -0.2) is 71.8 Å². The molecule has 3 aromatic rings. The number of rotatable bonds is 21. The van der Waals surface area contributed by atoms with Crippen LogP contribution in [0.25, 0.3) is 0 Å². The average Bonchev–Trinajstić information content (AvgIpc) is 3.02. The number of carbonyl (C=O) groups is 2. The Balaban J connectivity index is 0.00000901. The molecule has 0 unspecified atom stereocenters. The quantitative estimate of drug-likeness (QED) is 0.0541. The van der Waals surface area contributed by atoms with E-state index in [4.69, 9.17) is 17.7 Å². The summed E-state index contributed by atoms with van der Waals surface area (Å²) in [6.45, 7) is 20.9. The molecule has 1 aromatic heterocycles. The van der Waals surface area contributed by atoms with Gasteiger partial charge in [-0.15, -0.1) is 0 Å². The summed E-state index contributed by atoms with van der Waals surface area (Å²) in [5.74, 6) is 0.296. The van der Waals surface area contributed by atoms with Crippen LogP contribution in [0.3, 0.4) is 0 Å². The molecule has 0 aliphatic rings. The van der Waals surface area contributed by atoms with Crippen LogP contribution in [0, 0.1) is 0 Å². The molecule has 0 aliphatic carbocycles. The Bertz CT molecular complexity index is 1410. The molecule has 15 heteroatoms. The van der Waals surface area contributed by atoms with Crippen LogP contribution >= 0.6 is 0 Å². The Hall–Kier alpha value is -3.64. The van der Waals surface area contributed by atoms with Crippen LogP contribution in [0.15, 0.2) is 48.5 Å². The molecule has 1 heterocycles. The standard InChI is InChI=1S/C35H56N6O6Si3.CH4/c1-10-12-24-44-31(42)27-15-19-29(20-16-27)37-34-39-33(36-23-14-26-50(9,46-48(3,4)5)47-49(6,7)8)40-35(41-34)38-30-21-17-28(18-22-30)32(43)45-25-13-11-2;/h15-22H,10-14,23-26H2,1-9H3,(H3,36,37,38,39,40,41);1H4. The predicted molar refractivity (Wildman–Crippen MR) is 215 cm³/mol. The lowest BCUT2D eigenvalue weighted by Crippen LogP contribution is -2.52. The van der Waals surface area contributed by atoms with Crippen molar-refractivity contribution in [3.8, 4) is 0 Å². The number of anilines is 5. The second-order valence-corrected chi connectivity index (χ2v) is 27.1. The smallest absolute Gasteiger partial charge is 0.338 e. The number of aromatic nitrogens is 3. The number of esters is 2. The molecular weight excluding hydrogens is 697 g/mol. The first-order valence-corrected chi connectivity index (χ1v) is 26.9. The van der Waals surface area contributed by atoms with E-state index in [2.05, 4.69) is 76.7 Å². The second kappa shape index (κ2) is 20.4. The molecule has 0 aliphatic heterocycles. The fraction of sp³-hybridized carbons (Fsp3) is 0.528. The predicted octanol–water partition coefficient (Wildman–Crippen LogP) is 9.49. The van der Waals surface area contributed by atoms with Crippen LogP contribution in [0.4, 0.5) is 29.2 Å². The number of nitrogens with one attached hydrogen (secondary N) is 3. The molecule has 0 amide bonds. The van der Waals surface area contributed by atoms with Gasteiger partial charge in [-0.25, -0.2) is 9.59 Å². The van der Waals surface area contributed by atoms with E-state index in [0.717, 1.165) is 38.1 Å². The SMILES string of the molecule is C.CCCCOC(=O)c1ccc(Nc2nc(NCCC[Si](C)(O[Si](C)(C)C)O[Si](C)(C)C)nc(Nc3ccc(C(=O)OCCCC)cc3)n2)cc1. The van der Waals surface area contributed by atoms with Crippen molar-refractivity contribution in [2.75, 3.05) is 35.7 Å². The molecule has 12 nitrogen and oxygen atoms in total. The van der Waals surface area contributed by atoms with Crippen molar-refractivity contribution in [3.05, 3.63) is 59.7 Å². The summed E-state index contributed by atoms with van der Waals surface area (Å²) >= 11 is 0. The molecule has 3 rings (SSSR count). The number of hydrogen-bond acceptors (Lipinski definition) is 12. The van der Waals surface area contributed by atoms with Crippen molar-refractivity contribution in [2.45, 2.75) is 105 Å². The van der Waals surface area contributed by atoms with E-state index in [9.17, 15) is 9.59 Å². The van der Waals surface area contributed by atoms with Crippen molar-refractivity contribution in [1.82, 2.24) is 15.0 Å². The van der Waals surface area contributed by atoms with Crippen LogP contribution in [-0.2, 0) is 17.7 Å². The zero-order valence-corrected chi connectivity index (χ0v) is 34.3. The molecule has 282 valence electrons. The van der Waals surface area contributed by atoms with Crippen molar-refractivity contribution in [3.63, 3.8) is 0 Å². The van der Waals surface area contributed by atoms with Crippen LogP contribution in [0.1, 0.15) is 74.1 Å². The van der Waals surface area contributed by atoms with Crippen molar-refractivity contribution in [2.24, 2.45) is 0 Å². The third kappa shape index (κ3) is 16.5. The molecule has 0 fully saturated rings. The fourth-order valence-corrected chi connectivity index (χ4v) is 17.6. The fourth-order valence-electron chi connectivity index (χ4n) is 5.02. The molecule has 0 saturated heterocycles. The van der Waals surface area contributed by atoms with Gasteiger partial charge in [-0.2, -0.15) is 15.0 Å². The first kappa shape index (κ1) is 43.5. The molecule has 0 bridgehead atoms. The Morgan fingerprint density at radius 3 is 1.37 bits per heavy atom. The van der Waals surface area contributed by atoms with E-state index in [1.807, 2.05) is 13.8 Å². The lowest BCUT2D eigenvalue weighted by molar-refractivity contribution is 0.0490. The summed E-state index contributed by atoms with van der Waals surface area (Å²) in [4.78, 5) is 38.6. The zero-order valence-electron chi connectivity index (χ0n) is 31.3. The maximum atomic E-state index is 12.4. The first-order chi connectivity index (χ1) is 23.6. The maximum absolute atomic E-state index is 12.4. The third-order valence-corrected chi connectivity index (χ3v) is 16.6. The van der Waals surface area contributed by atoms with Crippen LogP contribution in [0.2, 0.25) is 51.9 Å². The Labute approximate surface area is 308 Å². The van der Waals surface area contributed by atoms with E-state index in [0.29, 0.717) is 60.1 Å². The minimum Gasteiger partial charge on any atom is -0.462 e. The van der Waals surface area contributed by atoms with Crippen LogP contribution < -0.4 is 16.0 Å². The van der Waals surface area contributed by atoms with Gasteiger partial charge < -0.3 is 33.7 Å². The topological polar surface area (TPSA) is 146 Å². The van der Waals surface area contributed by atoms with Gasteiger partial charge in [0.15, 0.2) is 16.6 Å². The highest BCUT2D eigenvalue weighted by molar-refractivity contribution is 6.87. The average molecular weight is 757 g/mol. The van der Waals surface area contributed by atoms with E-state index < -0.39 is 25.2 Å². The molecular formula is C36H60N6O6Si3. The number of unbranched alkanes of at least 4 members (excludes halogenated alkanes) is 2. The summed E-state index contributed by atoms with van der Waals surface area (Å²) in [6, 6.07) is 14.8. The highest BCUT2D eigenvalue weighted by atomic mass is 28.5. The number of ether oxygens (including phenoxy) is 2. The number of nitrogens with zero attached hydrogens (tertiary/aromatic N) is 3. The van der Waals surface area contributed by atoms with Gasteiger partial charge in [0.05, 0.1) is 24.3 Å². The monoisotopic (exact) mass is 756 g/mol. The minimum absolute atomic E-state index is 0. The van der Waals surface area contributed by atoms with Crippen LogP contribution in [0.5, 0.6) is 0 Å². The van der Waals surface area contributed by atoms with Crippen molar-refractivity contribution in [1.29, 1.82) is 0 Å². The van der Waals surface area contributed by atoms with Gasteiger partial charge in [0.1, 0.15) is 0 Å². The molecule has 2 aromatic carbocycles. The normalized spacial score (nSPS) is 11.7. The first-order valence-electron chi connectivity index (χ1n) is 17.6. The molecule has 51 heavy (non-hydrogen) atoms. The van der Waals surface area contributed by atoms with Gasteiger partial charge >= 0.3 is 20.5 Å². The van der Waals surface area contributed by atoms with Gasteiger partial charge in [-0.3, -0.25) is 0 Å². The van der Waals surface area contributed by atoms with Crippen molar-refractivity contribution < 1.29 is 27.3 Å². The zero-order chi connectivity index (χ0) is 36.8. The summed E-state index contributed by atoms with van der Waals surface area (Å²) in [6.07, 6.45) is 4.38. The highest BCUT2D eigenvalue weighted by Crippen LogP contribution is 2.26. The molecule has 0 saturated carbocycles. The molecule has 0 atom stereocenters. The summed E-state index contributed by atoms with van der Waals surface area (Å²) in [5, 5.41) is 9.81. The number of benzene rings is 2. The van der Waals surface area contributed by atoms with Gasteiger partial charge in [-0.05, 0) is 120 Å². The Morgan fingerprint density at radius 1 is 0.608 bits per heavy atom. The van der Waals surface area contributed by atoms with Gasteiger partial charge in [0.25, 0.3) is 0 Å².